The number of nitrogens with zero attached hydrogens (tertiary/aromatic N) is 3. The number of hydrogen-bond acceptors (Lipinski definition) is 4. The van der Waals surface area contributed by atoms with Gasteiger partial charge in [0.2, 0.25) is 0 Å². The number of carbonyl (C=O) groups excluding carboxylic acids is 1. The summed E-state index contributed by atoms with van der Waals surface area (Å²) in [4.78, 5) is 19.1. The van der Waals surface area contributed by atoms with Gasteiger partial charge in [0, 0.05) is 31.1 Å². The van der Waals surface area contributed by atoms with Gasteiger partial charge in [-0.3, -0.25) is 0 Å². The number of hydrogen-bond donors (Lipinski definition) is 1. The van der Waals surface area contributed by atoms with Crippen molar-refractivity contribution in [3.05, 3.63) is 72.1 Å². The monoisotopic (exact) mass is 390 g/mol. The molecular formula is C23H26N4O2. The van der Waals surface area contributed by atoms with Crippen LogP contribution in [-0.2, 0) is 12.8 Å². The first kappa shape index (κ1) is 19.2. The molecule has 2 heterocycles. The van der Waals surface area contributed by atoms with Crippen LogP contribution < -0.4 is 5.32 Å². The summed E-state index contributed by atoms with van der Waals surface area (Å²) in [5, 5.41) is 7.17. The van der Waals surface area contributed by atoms with Crippen LogP contribution in [0.3, 0.4) is 0 Å². The molecule has 1 fully saturated rings. The standard InChI is InChI=1S/C23H26N4O2/c28-23(24-16-15-18-8-3-1-4-9-18)27-17-7-12-20(27)13-14-21-25-22(29-26-21)19-10-5-2-6-11-19/h1-6,8-11,20H,7,12-17H2,(H,24,28). The van der Waals surface area contributed by atoms with Gasteiger partial charge in [-0.05, 0) is 43.4 Å². The Balaban J connectivity index is 1.26. The van der Waals surface area contributed by atoms with Crippen molar-refractivity contribution in [2.45, 2.75) is 38.1 Å². The van der Waals surface area contributed by atoms with Crippen molar-refractivity contribution in [2.75, 3.05) is 13.1 Å². The van der Waals surface area contributed by atoms with E-state index in [9.17, 15) is 4.79 Å². The van der Waals surface area contributed by atoms with Gasteiger partial charge in [0.25, 0.3) is 5.89 Å². The van der Waals surface area contributed by atoms with Crippen molar-refractivity contribution in [3.63, 3.8) is 0 Å². The maximum Gasteiger partial charge on any atom is 0.317 e. The first-order valence-electron chi connectivity index (χ1n) is 10.3. The number of urea groups is 1. The zero-order valence-electron chi connectivity index (χ0n) is 16.5. The second kappa shape index (κ2) is 9.37. The first-order valence-corrected chi connectivity index (χ1v) is 10.3. The third-order valence-corrected chi connectivity index (χ3v) is 5.36. The van der Waals surface area contributed by atoms with Gasteiger partial charge >= 0.3 is 6.03 Å². The van der Waals surface area contributed by atoms with Crippen LogP contribution in [0.25, 0.3) is 11.5 Å². The van der Waals surface area contributed by atoms with Crippen molar-refractivity contribution in [1.29, 1.82) is 0 Å². The van der Waals surface area contributed by atoms with E-state index in [0.717, 1.165) is 37.8 Å². The highest BCUT2D eigenvalue weighted by Crippen LogP contribution is 2.22. The lowest BCUT2D eigenvalue weighted by molar-refractivity contribution is 0.190. The summed E-state index contributed by atoms with van der Waals surface area (Å²) in [6.07, 6.45) is 4.46. The summed E-state index contributed by atoms with van der Waals surface area (Å²) in [6.45, 7) is 1.46. The molecule has 29 heavy (non-hydrogen) atoms. The molecule has 1 unspecified atom stereocenters. The minimum atomic E-state index is 0.0292. The molecule has 1 atom stereocenters. The second-order valence-corrected chi connectivity index (χ2v) is 7.38. The number of nitrogens with one attached hydrogen (secondary N) is 1. The minimum absolute atomic E-state index is 0.0292. The van der Waals surface area contributed by atoms with Gasteiger partial charge in [-0.2, -0.15) is 4.98 Å². The van der Waals surface area contributed by atoms with Crippen LogP contribution in [0, 0.1) is 0 Å². The molecule has 0 aliphatic carbocycles. The van der Waals surface area contributed by atoms with Gasteiger partial charge in [-0.1, -0.05) is 53.7 Å². The van der Waals surface area contributed by atoms with Crippen LogP contribution >= 0.6 is 0 Å². The van der Waals surface area contributed by atoms with E-state index in [4.69, 9.17) is 4.52 Å². The van der Waals surface area contributed by atoms with Crippen LogP contribution in [-0.4, -0.2) is 40.2 Å². The molecule has 6 heteroatoms. The summed E-state index contributed by atoms with van der Waals surface area (Å²) < 4.78 is 5.38. The summed E-state index contributed by atoms with van der Waals surface area (Å²) >= 11 is 0. The fourth-order valence-corrected chi connectivity index (χ4v) is 3.81. The number of rotatable bonds is 7. The van der Waals surface area contributed by atoms with Crippen molar-refractivity contribution in [1.82, 2.24) is 20.4 Å². The molecule has 1 aliphatic rings. The third-order valence-electron chi connectivity index (χ3n) is 5.36. The SMILES string of the molecule is O=C(NCCc1ccccc1)N1CCCC1CCc1noc(-c2ccccc2)n1. The quantitative estimate of drug-likeness (QED) is 0.660. The molecule has 1 N–H and O–H groups in total. The van der Waals surface area contributed by atoms with Crippen LogP contribution in [0.4, 0.5) is 4.79 Å². The Morgan fingerprint density at radius 2 is 1.83 bits per heavy atom. The van der Waals surface area contributed by atoms with Gasteiger partial charge < -0.3 is 14.7 Å². The molecule has 150 valence electrons. The largest absolute Gasteiger partial charge is 0.338 e. The van der Waals surface area contributed by atoms with Crippen molar-refractivity contribution in [2.24, 2.45) is 0 Å². The number of likely N-dealkylation sites (tertiary alicyclic amines) is 1. The van der Waals surface area contributed by atoms with E-state index in [1.54, 1.807) is 0 Å². The van der Waals surface area contributed by atoms with Crippen molar-refractivity contribution in [3.8, 4) is 11.5 Å². The molecule has 1 aliphatic heterocycles. The van der Waals surface area contributed by atoms with Gasteiger partial charge in [0.15, 0.2) is 5.82 Å². The predicted octanol–water partition coefficient (Wildman–Crippen LogP) is 4.09. The molecule has 3 aromatic rings. The Bertz CT molecular complexity index is 911. The fraction of sp³-hybridized carbons (Fsp3) is 0.348. The predicted molar refractivity (Wildman–Crippen MR) is 111 cm³/mol. The Morgan fingerprint density at radius 1 is 1.07 bits per heavy atom. The first-order chi connectivity index (χ1) is 14.3. The van der Waals surface area contributed by atoms with E-state index in [0.29, 0.717) is 24.7 Å². The molecule has 2 amide bonds. The van der Waals surface area contributed by atoms with E-state index >= 15 is 0 Å². The molecule has 0 saturated carbocycles. The average Bonchev–Trinajstić information content (AvgIpc) is 3.43. The van der Waals surface area contributed by atoms with E-state index in [1.807, 2.05) is 53.4 Å². The van der Waals surface area contributed by atoms with E-state index in [-0.39, 0.29) is 12.1 Å². The number of aryl methyl sites for hydroxylation is 1. The Labute approximate surface area is 170 Å². The number of carbonyl (C=O) groups is 1. The maximum atomic E-state index is 12.6. The van der Waals surface area contributed by atoms with Crippen LogP contribution in [0.5, 0.6) is 0 Å². The smallest absolute Gasteiger partial charge is 0.317 e. The lowest BCUT2D eigenvalue weighted by Gasteiger charge is -2.24. The van der Waals surface area contributed by atoms with Crippen LogP contribution in [0.2, 0.25) is 0 Å². The zero-order valence-corrected chi connectivity index (χ0v) is 16.5. The second-order valence-electron chi connectivity index (χ2n) is 7.38. The van der Waals surface area contributed by atoms with E-state index in [2.05, 4.69) is 27.6 Å². The van der Waals surface area contributed by atoms with Crippen LogP contribution in [0.15, 0.2) is 65.2 Å². The van der Waals surface area contributed by atoms with Gasteiger partial charge in [0.05, 0.1) is 0 Å². The summed E-state index contributed by atoms with van der Waals surface area (Å²) in [5.41, 5.74) is 2.16. The molecule has 0 bridgehead atoms. The van der Waals surface area contributed by atoms with E-state index in [1.165, 1.54) is 5.56 Å². The molecule has 6 nitrogen and oxygen atoms in total. The molecule has 0 radical (unpaired) electrons. The van der Waals surface area contributed by atoms with Gasteiger partial charge in [-0.15, -0.1) is 0 Å². The summed E-state index contributed by atoms with van der Waals surface area (Å²) in [5.74, 6) is 1.24. The van der Waals surface area contributed by atoms with E-state index < -0.39 is 0 Å². The summed E-state index contributed by atoms with van der Waals surface area (Å²) in [6, 6.07) is 20.2. The highest BCUT2D eigenvalue weighted by Gasteiger charge is 2.28. The lowest BCUT2D eigenvalue weighted by Crippen LogP contribution is -2.43. The summed E-state index contributed by atoms with van der Waals surface area (Å²) in [7, 11) is 0. The highest BCUT2D eigenvalue weighted by atomic mass is 16.5. The van der Waals surface area contributed by atoms with Gasteiger partial charge in [0.1, 0.15) is 0 Å². The Morgan fingerprint density at radius 3 is 2.62 bits per heavy atom. The fourth-order valence-electron chi connectivity index (χ4n) is 3.81. The highest BCUT2D eigenvalue weighted by molar-refractivity contribution is 5.74. The normalized spacial score (nSPS) is 16.1. The van der Waals surface area contributed by atoms with Crippen molar-refractivity contribution >= 4 is 6.03 Å². The Kier molecular flexibility index (Phi) is 6.19. The number of amides is 2. The molecule has 1 aromatic heterocycles. The maximum absolute atomic E-state index is 12.6. The van der Waals surface area contributed by atoms with Crippen molar-refractivity contribution < 1.29 is 9.32 Å². The molecule has 4 rings (SSSR count). The third kappa shape index (κ3) is 5.02. The molecular weight excluding hydrogens is 364 g/mol. The Hall–Kier alpha value is -3.15. The minimum Gasteiger partial charge on any atom is -0.338 e. The number of benzene rings is 2. The zero-order chi connectivity index (χ0) is 19.9. The average molecular weight is 390 g/mol. The molecule has 0 spiro atoms. The van der Waals surface area contributed by atoms with Crippen LogP contribution in [0.1, 0.15) is 30.7 Å². The molecule has 1 saturated heterocycles. The topological polar surface area (TPSA) is 71.3 Å². The van der Waals surface area contributed by atoms with Gasteiger partial charge in [-0.25, -0.2) is 4.79 Å². The lowest BCUT2D eigenvalue weighted by atomic mass is 10.1. The number of aromatic nitrogens is 2. The molecule has 2 aromatic carbocycles.